The van der Waals surface area contributed by atoms with Crippen molar-refractivity contribution < 1.29 is 14.3 Å². The van der Waals surface area contributed by atoms with Gasteiger partial charge in [0.15, 0.2) is 0 Å². The number of hydrogen-bond donors (Lipinski definition) is 1. The molecule has 2 aromatic rings. The van der Waals surface area contributed by atoms with Crippen LogP contribution in [0, 0.1) is 0 Å². The van der Waals surface area contributed by atoms with Crippen LogP contribution in [0.5, 0.6) is 5.75 Å². The summed E-state index contributed by atoms with van der Waals surface area (Å²) in [5.74, 6) is 0.291. The van der Waals surface area contributed by atoms with E-state index in [9.17, 15) is 9.59 Å². The summed E-state index contributed by atoms with van der Waals surface area (Å²) < 4.78 is 4.85. The molecular formula is C20H22N2O3S. The molecule has 1 aliphatic rings. The Morgan fingerprint density at radius 1 is 1.12 bits per heavy atom. The molecule has 1 fully saturated rings. The lowest BCUT2D eigenvalue weighted by Gasteiger charge is -2.17. The molecule has 0 bridgehead atoms. The van der Waals surface area contributed by atoms with Crippen molar-refractivity contribution in [3.8, 4) is 5.75 Å². The van der Waals surface area contributed by atoms with E-state index in [-0.39, 0.29) is 11.8 Å². The van der Waals surface area contributed by atoms with E-state index in [0.717, 1.165) is 17.7 Å². The highest BCUT2D eigenvalue weighted by molar-refractivity contribution is 8.01. The fraction of sp³-hybridized carbons (Fsp3) is 0.300. The van der Waals surface area contributed by atoms with Crippen LogP contribution < -0.4 is 10.1 Å². The van der Waals surface area contributed by atoms with Crippen molar-refractivity contribution in [1.29, 1.82) is 0 Å². The van der Waals surface area contributed by atoms with Crippen molar-refractivity contribution in [2.45, 2.75) is 22.5 Å². The number of rotatable bonds is 6. The first kappa shape index (κ1) is 18.3. The minimum Gasteiger partial charge on any atom is -0.496 e. The second kappa shape index (κ2) is 7.41. The van der Waals surface area contributed by atoms with E-state index in [0.29, 0.717) is 17.0 Å². The first-order chi connectivity index (χ1) is 12.4. The molecule has 26 heavy (non-hydrogen) atoms. The predicted octanol–water partition coefficient (Wildman–Crippen LogP) is 3.66. The number of amides is 2. The van der Waals surface area contributed by atoms with E-state index >= 15 is 0 Å². The molecule has 1 aliphatic carbocycles. The van der Waals surface area contributed by atoms with Crippen LogP contribution in [0.25, 0.3) is 0 Å². The van der Waals surface area contributed by atoms with E-state index in [1.807, 2.05) is 30.3 Å². The molecule has 0 unspecified atom stereocenters. The Labute approximate surface area is 157 Å². The van der Waals surface area contributed by atoms with Crippen molar-refractivity contribution in [2.24, 2.45) is 0 Å². The molecule has 0 aromatic heterocycles. The summed E-state index contributed by atoms with van der Waals surface area (Å²) in [6, 6.07) is 15.1. The fourth-order valence-electron chi connectivity index (χ4n) is 2.64. The third-order valence-electron chi connectivity index (χ3n) is 4.27. The summed E-state index contributed by atoms with van der Waals surface area (Å²) in [7, 11) is 4.89. The highest BCUT2D eigenvalue weighted by Gasteiger charge is 2.51. The van der Waals surface area contributed by atoms with Gasteiger partial charge in [0.25, 0.3) is 5.91 Å². The first-order valence-corrected chi connectivity index (χ1v) is 9.22. The molecule has 0 aliphatic heterocycles. The number of carbonyl (C=O) groups excluding carboxylic acids is 2. The van der Waals surface area contributed by atoms with E-state index in [1.54, 1.807) is 44.1 Å². The lowest BCUT2D eigenvalue weighted by molar-refractivity contribution is -0.116. The SMILES string of the molecule is COc1ccc(NC(=O)C2(Sc3ccccc3)CC2)cc1C(=O)N(C)C. The number of anilines is 1. The van der Waals surface area contributed by atoms with Crippen LogP contribution in [0.1, 0.15) is 23.2 Å². The number of nitrogens with zero attached hydrogens (tertiary/aromatic N) is 1. The molecule has 1 N–H and O–H groups in total. The molecule has 6 heteroatoms. The minimum absolute atomic E-state index is 0.0280. The van der Waals surface area contributed by atoms with Gasteiger partial charge < -0.3 is 15.0 Å². The molecule has 1 saturated carbocycles. The van der Waals surface area contributed by atoms with Crippen molar-refractivity contribution in [1.82, 2.24) is 4.90 Å². The number of hydrogen-bond acceptors (Lipinski definition) is 4. The lowest BCUT2D eigenvalue weighted by atomic mass is 10.1. The Hall–Kier alpha value is -2.47. The normalized spacial score (nSPS) is 14.4. The smallest absolute Gasteiger partial charge is 0.257 e. The summed E-state index contributed by atoms with van der Waals surface area (Å²) in [5, 5.41) is 2.96. The zero-order valence-corrected chi connectivity index (χ0v) is 15.9. The topological polar surface area (TPSA) is 58.6 Å². The molecule has 0 radical (unpaired) electrons. The van der Waals surface area contributed by atoms with Gasteiger partial charge in [0.05, 0.1) is 17.4 Å². The Kier molecular flexibility index (Phi) is 5.23. The Morgan fingerprint density at radius 2 is 1.81 bits per heavy atom. The monoisotopic (exact) mass is 370 g/mol. The number of methoxy groups -OCH3 is 1. The number of carbonyl (C=O) groups is 2. The van der Waals surface area contributed by atoms with Crippen molar-refractivity contribution in [3.05, 3.63) is 54.1 Å². The van der Waals surface area contributed by atoms with Crippen LogP contribution >= 0.6 is 11.8 Å². The molecule has 5 nitrogen and oxygen atoms in total. The van der Waals surface area contributed by atoms with Crippen LogP contribution in [0.15, 0.2) is 53.4 Å². The van der Waals surface area contributed by atoms with Gasteiger partial charge in [0.1, 0.15) is 5.75 Å². The van der Waals surface area contributed by atoms with E-state index in [2.05, 4.69) is 5.32 Å². The van der Waals surface area contributed by atoms with Gasteiger partial charge in [-0.15, -0.1) is 11.8 Å². The maximum Gasteiger partial charge on any atom is 0.257 e. The van der Waals surface area contributed by atoms with Crippen molar-refractivity contribution >= 4 is 29.3 Å². The molecule has 136 valence electrons. The quantitative estimate of drug-likeness (QED) is 0.843. The molecule has 0 heterocycles. The molecule has 0 saturated heterocycles. The van der Waals surface area contributed by atoms with Crippen LogP contribution in [0.2, 0.25) is 0 Å². The number of ether oxygens (including phenoxy) is 1. The van der Waals surface area contributed by atoms with Crippen molar-refractivity contribution in [3.63, 3.8) is 0 Å². The minimum atomic E-state index is -0.424. The van der Waals surface area contributed by atoms with Gasteiger partial charge in [0.2, 0.25) is 5.91 Å². The third kappa shape index (κ3) is 3.85. The number of benzene rings is 2. The number of thioether (sulfide) groups is 1. The zero-order chi connectivity index (χ0) is 18.7. The largest absolute Gasteiger partial charge is 0.496 e. The van der Waals surface area contributed by atoms with Gasteiger partial charge in [-0.1, -0.05) is 18.2 Å². The van der Waals surface area contributed by atoms with Crippen LogP contribution in [-0.2, 0) is 4.79 Å². The predicted molar refractivity (Wildman–Crippen MR) is 104 cm³/mol. The molecular weight excluding hydrogens is 348 g/mol. The standard InChI is InChI=1S/C20H22N2O3S/c1-22(2)18(23)16-13-14(9-10-17(16)25-3)21-19(24)20(11-12-20)26-15-7-5-4-6-8-15/h4-10,13H,11-12H2,1-3H3,(H,21,24). The fourth-order valence-corrected chi connectivity index (χ4v) is 3.84. The Bertz CT molecular complexity index is 817. The zero-order valence-electron chi connectivity index (χ0n) is 15.1. The van der Waals surface area contributed by atoms with Gasteiger partial charge in [-0.25, -0.2) is 0 Å². The second-order valence-electron chi connectivity index (χ2n) is 6.48. The van der Waals surface area contributed by atoms with Crippen molar-refractivity contribution in [2.75, 3.05) is 26.5 Å². The second-order valence-corrected chi connectivity index (χ2v) is 7.94. The van der Waals surface area contributed by atoms with Gasteiger partial charge in [-0.3, -0.25) is 9.59 Å². The summed E-state index contributed by atoms with van der Waals surface area (Å²) in [5.41, 5.74) is 1.02. The van der Waals surface area contributed by atoms with Gasteiger partial charge >= 0.3 is 0 Å². The van der Waals surface area contributed by atoms with Gasteiger partial charge in [-0.2, -0.15) is 0 Å². The molecule has 2 amide bonds. The first-order valence-electron chi connectivity index (χ1n) is 8.40. The van der Waals surface area contributed by atoms with Crippen LogP contribution in [-0.4, -0.2) is 42.7 Å². The van der Waals surface area contributed by atoms with E-state index < -0.39 is 4.75 Å². The maximum atomic E-state index is 12.8. The Morgan fingerprint density at radius 3 is 2.38 bits per heavy atom. The number of nitrogens with one attached hydrogen (secondary N) is 1. The maximum absolute atomic E-state index is 12.8. The van der Waals surface area contributed by atoms with Crippen LogP contribution in [0.4, 0.5) is 5.69 Å². The molecule has 2 aromatic carbocycles. The summed E-state index contributed by atoms with van der Waals surface area (Å²) in [4.78, 5) is 27.7. The van der Waals surface area contributed by atoms with E-state index in [4.69, 9.17) is 4.74 Å². The molecule has 3 rings (SSSR count). The summed E-state index contributed by atoms with van der Waals surface area (Å²) in [6.45, 7) is 0. The average Bonchev–Trinajstić information content (AvgIpc) is 3.42. The highest BCUT2D eigenvalue weighted by atomic mass is 32.2. The average molecular weight is 370 g/mol. The molecule has 0 spiro atoms. The lowest BCUT2D eigenvalue weighted by Crippen LogP contribution is -2.27. The van der Waals surface area contributed by atoms with Gasteiger partial charge in [0, 0.05) is 24.7 Å². The van der Waals surface area contributed by atoms with Gasteiger partial charge in [-0.05, 0) is 43.2 Å². The third-order valence-corrected chi connectivity index (χ3v) is 5.76. The summed E-state index contributed by atoms with van der Waals surface area (Å²) >= 11 is 1.60. The van der Waals surface area contributed by atoms with Crippen LogP contribution in [0.3, 0.4) is 0 Å². The van der Waals surface area contributed by atoms with E-state index in [1.165, 1.54) is 12.0 Å². The molecule has 0 atom stereocenters. The highest BCUT2D eigenvalue weighted by Crippen LogP contribution is 2.52. The Balaban J connectivity index is 1.77. The summed E-state index contributed by atoms with van der Waals surface area (Å²) in [6.07, 6.45) is 1.69.